The average molecular weight is 249 g/mol. The van der Waals surface area contributed by atoms with Gasteiger partial charge in [-0.1, -0.05) is 30.3 Å². The van der Waals surface area contributed by atoms with Crippen molar-refractivity contribution in [3.8, 4) is 0 Å². The monoisotopic (exact) mass is 249 g/mol. The van der Waals surface area contributed by atoms with E-state index in [9.17, 15) is 0 Å². The SMILES string of the molecule is c1ccc2c(c1)CNCC2c1ccc2occc2c1. The Bertz CT molecular complexity index is 729. The third-order valence-electron chi connectivity index (χ3n) is 3.97. The zero-order valence-electron chi connectivity index (χ0n) is 10.6. The van der Waals surface area contributed by atoms with Gasteiger partial charge in [-0.25, -0.2) is 0 Å². The summed E-state index contributed by atoms with van der Waals surface area (Å²) in [7, 11) is 0. The van der Waals surface area contributed by atoms with Gasteiger partial charge in [0.2, 0.25) is 0 Å². The molecule has 19 heavy (non-hydrogen) atoms. The highest BCUT2D eigenvalue weighted by molar-refractivity contribution is 5.78. The van der Waals surface area contributed by atoms with Crippen LogP contribution in [0.15, 0.2) is 59.2 Å². The molecular weight excluding hydrogens is 234 g/mol. The Hall–Kier alpha value is -2.06. The Morgan fingerprint density at radius 2 is 2.00 bits per heavy atom. The smallest absolute Gasteiger partial charge is 0.133 e. The molecule has 0 amide bonds. The average Bonchev–Trinajstić information content (AvgIpc) is 2.94. The molecule has 0 saturated carbocycles. The summed E-state index contributed by atoms with van der Waals surface area (Å²) in [6.07, 6.45) is 1.75. The lowest BCUT2D eigenvalue weighted by Crippen LogP contribution is -2.28. The second-order valence-corrected chi connectivity index (χ2v) is 5.10. The molecule has 0 spiro atoms. The van der Waals surface area contributed by atoms with Crippen molar-refractivity contribution >= 4 is 11.0 Å². The molecule has 2 aromatic carbocycles. The molecule has 3 aromatic rings. The summed E-state index contributed by atoms with van der Waals surface area (Å²) in [5.41, 5.74) is 5.17. The first-order valence-corrected chi connectivity index (χ1v) is 6.67. The summed E-state index contributed by atoms with van der Waals surface area (Å²) in [6.45, 7) is 1.97. The molecule has 1 atom stereocenters. The third kappa shape index (κ3) is 1.76. The lowest BCUT2D eigenvalue weighted by molar-refractivity contribution is 0.591. The lowest BCUT2D eigenvalue weighted by Gasteiger charge is -2.26. The summed E-state index contributed by atoms with van der Waals surface area (Å²) >= 11 is 0. The van der Waals surface area contributed by atoms with E-state index in [-0.39, 0.29) is 0 Å². The van der Waals surface area contributed by atoms with Crippen LogP contribution in [-0.2, 0) is 6.54 Å². The molecular formula is C17H15NO. The van der Waals surface area contributed by atoms with Gasteiger partial charge in [-0.3, -0.25) is 0 Å². The van der Waals surface area contributed by atoms with Gasteiger partial charge in [0.1, 0.15) is 5.58 Å². The van der Waals surface area contributed by atoms with E-state index >= 15 is 0 Å². The van der Waals surface area contributed by atoms with Gasteiger partial charge in [0, 0.05) is 24.4 Å². The first-order valence-electron chi connectivity index (χ1n) is 6.67. The third-order valence-corrected chi connectivity index (χ3v) is 3.97. The normalized spacial score (nSPS) is 18.4. The van der Waals surface area contributed by atoms with E-state index in [1.54, 1.807) is 6.26 Å². The minimum atomic E-state index is 0.434. The predicted molar refractivity (Wildman–Crippen MR) is 76.2 cm³/mol. The molecule has 94 valence electrons. The van der Waals surface area contributed by atoms with Crippen LogP contribution < -0.4 is 5.32 Å². The van der Waals surface area contributed by atoms with Gasteiger partial charge in [0.25, 0.3) is 0 Å². The molecule has 1 N–H and O–H groups in total. The van der Waals surface area contributed by atoms with Crippen LogP contribution in [0.3, 0.4) is 0 Å². The highest BCUT2D eigenvalue weighted by atomic mass is 16.3. The van der Waals surface area contributed by atoms with Crippen molar-refractivity contribution < 1.29 is 4.42 Å². The van der Waals surface area contributed by atoms with Gasteiger partial charge >= 0.3 is 0 Å². The van der Waals surface area contributed by atoms with Gasteiger partial charge in [-0.15, -0.1) is 0 Å². The number of hydrogen-bond donors (Lipinski definition) is 1. The van der Waals surface area contributed by atoms with Gasteiger partial charge in [0.15, 0.2) is 0 Å². The van der Waals surface area contributed by atoms with Crippen LogP contribution in [0, 0.1) is 0 Å². The number of furan rings is 1. The number of nitrogens with one attached hydrogen (secondary N) is 1. The van der Waals surface area contributed by atoms with E-state index in [1.807, 2.05) is 6.07 Å². The summed E-state index contributed by atoms with van der Waals surface area (Å²) < 4.78 is 5.41. The summed E-state index contributed by atoms with van der Waals surface area (Å²) in [5.74, 6) is 0.434. The fraction of sp³-hybridized carbons (Fsp3) is 0.176. The van der Waals surface area contributed by atoms with Crippen molar-refractivity contribution in [1.82, 2.24) is 5.32 Å². The van der Waals surface area contributed by atoms with Crippen LogP contribution in [0.4, 0.5) is 0 Å². The van der Waals surface area contributed by atoms with E-state index in [0.29, 0.717) is 5.92 Å². The van der Waals surface area contributed by atoms with Crippen LogP contribution in [0.2, 0.25) is 0 Å². The predicted octanol–water partition coefficient (Wildman–Crippen LogP) is 3.67. The Morgan fingerprint density at radius 1 is 1.05 bits per heavy atom. The van der Waals surface area contributed by atoms with Crippen molar-refractivity contribution in [3.63, 3.8) is 0 Å². The molecule has 1 aliphatic rings. The molecule has 0 radical (unpaired) electrons. The second-order valence-electron chi connectivity index (χ2n) is 5.10. The van der Waals surface area contributed by atoms with E-state index < -0.39 is 0 Å². The van der Waals surface area contributed by atoms with Crippen molar-refractivity contribution in [2.24, 2.45) is 0 Å². The minimum Gasteiger partial charge on any atom is -0.464 e. The van der Waals surface area contributed by atoms with Crippen LogP contribution in [0.1, 0.15) is 22.6 Å². The number of hydrogen-bond acceptors (Lipinski definition) is 2. The molecule has 1 unspecified atom stereocenters. The summed E-state index contributed by atoms with van der Waals surface area (Å²) in [5, 5.41) is 4.69. The van der Waals surface area contributed by atoms with E-state index in [2.05, 4.69) is 47.8 Å². The summed E-state index contributed by atoms with van der Waals surface area (Å²) in [4.78, 5) is 0. The first kappa shape index (κ1) is 10.8. The molecule has 4 rings (SSSR count). The molecule has 2 heterocycles. The van der Waals surface area contributed by atoms with Crippen LogP contribution >= 0.6 is 0 Å². The Morgan fingerprint density at radius 3 is 3.00 bits per heavy atom. The largest absolute Gasteiger partial charge is 0.464 e. The lowest BCUT2D eigenvalue weighted by atomic mass is 9.85. The maximum absolute atomic E-state index is 5.41. The maximum atomic E-state index is 5.41. The zero-order valence-corrected chi connectivity index (χ0v) is 10.6. The second kappa shape index (κ2) is 4.25. The highest BCUT2D eigenvalue weighted by Crippen LogP contribution is 2.31. The van der Waals surface area contributed by atoms with Crippen molar-refractivity contribution in [3.05, 3.63) is 71.5 Å². The Balaban J connectivity index is 1.84. The fourth-order valence-corrected chi connectivity index (χ4v) is 3.00. The molecule has 1 aliphatic heterocycles. The van der Waals surface area contributed by atoms with Gasteiger partial charge in [-0.2, -0.15) is 0 Å². The first-order chi connectivity index (χ1) is 9.42. The van der Waals surface area contributed by atoms with E-state index in [1.165, 1.54) is 22.1 Å². The minimum absolute atomic E-state index is 0.434. The van der Waals surface area contributed by atoms with Crippen LogP contribution in [0.25, 0.3) is 11.0 Å². The van der Waals surface area contributed by atoms with Crippen molar-refractivity contribution in [2.75, 3.05) is 6.54 Å². The van der Waals surface area contributed by atoms with Crippen molar-refractivity contribution in [1.29, 1.82) is 0 Å². The van der Waals surface area contributed by atoms with Crippen LogP contribution in [0.5, 0.6) is 0 Å². The molecule has 1 aromatic heterocycles. The standard InChI is InChI=1S/C17H15NO/c1-2-4-15-14(3-1)10-18-11-16(15)12-5-6-17-13(9-12)7-8-19-17/h1-9,16,18H,10-11H2. The molecule has 0 bridgehead atoms. The van der Waals surface area contributed by atoms with Gasteiger partial charge in [-0.05, 0) is 34.9 Å². The topological polar surface area (TPSA) is 25.2 Å². The fourth-order valence-electron chi connectivity index (χ4n) is 3.00. The van der Waals surface area contributed by atoms with Crippen LogP contribution in [-0.4, -0.2) is 6.54 Å². The van der Waals surface area contributed by atoms with E-state index in [4.69, 9.17) is 4.42 Å². The molecule has 0 fully saturated rings. The highest BCUT2D eigenvalue weighted by Gasteiger charge is 2.21. The molecule has 0 saturated heterocycles. The maximum Gasteiger partial charge on any atom is 0.133 e. The Labute approximate surface area is 112 Å². The van der Waals surface area contributed by atoms with Gasteiger partial charge < -0.3 is 9.73 Å². The number of benzene rings is 2. The number of rotatable bonds is 1. The quantitative estimate of drug-likeness (QED) is 0.712. The van der Waals surface area contributed by atoms with Gasteiger partial charge in [0.05, 0.1) is 6.26 Å². The zero-order chi connectivity index (χ0) is 12.7. The molecule has 2 heteroatoms. The van der Waals surface area contributed by atoms with Crippen molar-refractivity contribution in [2.45, 2.75) is 12.5 Å². The van der Waals surface area contributed by atoms with E-state index in [0.717, 1.165) is 18.7 Å². The molecule has 0 aliphatic carbocycles. The molecule has 2 nitrogen and oxygen atoms in total. The Kier molecular flexibility index (Phi) is 2.42. The number of fused-ring (bicyclic) bond motifs is 2. The summed E-state index contributed by atoms with van der Waals surface area (Å²) in [6, 6.07) is 17.2.